The van der Waals surface area contributed by atoms with Crippen molar-refractivity contribution in [2.75, 3.05) is 5.32 Å². The van der Waals surface area contributed by atoms with E-state index in [0.717, 1.165) is 24.9 Å². The van der Waals surface area contributed by atoms with Crippen LogP contribution < -0.4 is 10.7 Å². The van der Waals surface area contributed by atoms with Crippen LogP contribution in [0.2, 0.25) is 0 Å². The SMILES string of the molecule is O=C(Nc1ccc2c(c1)CCC2)c1cc(=O)c2ccccc2o1. The maximum Gasteiger partial charge on any atom is 0.291 e. The lowest BCUT2D eigenvalue weighted by atomic mass is 10.1. The molecule has 2 aromatic carbocycles. The number of carbonyl (C=O) groups is 1. The number of hydrogen-bond donors (Lipinski definition) is 1. The summed E-state index contributed by atoms with van der Waals surface area (Å²) in [6, 6.07) is 14.1. The summed E-state index contributed by atoms with van der Waals surface area (Å²) in [5, 5.41) is 3.28. The molecule has 0 atom stereocenters. The smallest absolute Gasteiger partial charge is 0.291 e. The fraction of sp³-hybridized carbons (Fsp3) is 0.158. The molecule has 0 spiro atoms. The first-order valence-corrected chi connectivity index (χ1v) is 7.67. The molecule has 1 aromatic heterocycles. The van der Waals surface area contributed by atoms with Crippen LogP contribution in [-0.4, -0.2) is 5.91 Å². The van der Waals surface area contributed by atoms with Crippen molar-refractivity contribution in [3.05, 3.63) is 75.6 Å². The van der Waals surface area contributed by atoms with E-state index in [1.807, 2.05) is 12.1 Å². The van der Waals surface area contributed by atoms with Gasteiger partial charge in [-0.1, -0.05) is 18.2 Å². The Labute approximate surface area is 132 Å². The van der Waals surface area contributed by atoms with Gasteiger partial charge in [0.2, 0.25) is 0 Å². The molecule has 114 valence electrons. The monoisotopic (exact) mass is 305 g/mol. The number of amides is 1. The molecule has 1 heterocycles. The average Bonchev–Trinajstić information content (AvgIpc) is 3.02. The maximum atomic E-state index is 12.4. The first-order valence-electron chi connectivity index (χ1n) is 7.67. The van der Waals surface area contributed by atoms with E-state index in [1.54, 1.807) is 24.3 Å². The zero-order valence-corrected chi connectivity index (χ0v) is 12.5. The van der Waals surface area contributed by atoms with Gasteiger partial charge in [-0.3, -0.25) is 9.59 Å². The molecular formula is C19H15NO3. The third-order valence-corrected chi connectivity index (χ3v) is 4.21. The quantitative estimate of drug-likeness (QED) is 0.788. The average molecular weight is 305 g/mol. The molecule has 4 heteroatoms. The zero-order valence-electron chi connectivity index (χ0n) is 12.5. The molecule has 0 saturated carbocycles. The van der Waals surface area contributed by atoms with Gasteiger partial charge in [-0.05, 0) is 54.7 Å². The number of aryl methyl sites for hydroxylation is 2. The highest BCUT2D eigenvalue weighted by molar-refractivity contribution is 6.03. The minimum Gasteiger partial charge on any atom is -0.451 e. The minimum atomic E-state index is -0.411. The fourth-order valence-corrected chi connectivity index (χ4v) is 3.06. The van der Waals surface area contributed by atoms with Gasteiger partial charge in [0.05, 0.1) is 5.39 Å². The summed E-state index contributed by atoms with van der Waals surface area (Å²) in [5.41, 5.74) is 3.56. The molecule has 1 N–H and O–H groups in total. The highest BCUT2D eigenvalue weighted by Gasteiger charge is 2.15. The molecule has 3 aromatic rings. The Balaban J connectivity index is 1.65. The number of rotatable bonds is 2. The summed E-state index contributed by atoms with van der Waals surface area (Å²) >= 11 is 0. The lowest BCUT2D eigenvalue weighted by Crippen LogP contribution is -2.15. The van der Waals surface area contributed by atoms with Gasteiger partial charge in [-0.25, -0.2) is 0 Å². The van der Waals surface area contributed by atoms with E-state index in [1.165, 1.54) is 17.2 Å². The van der Waals surface area contributed by atoms with Crippen LogP contribution in [-0.2, 0) is 12.8 Å². The summed E-state index contributed by atoms with van der Waals surface area (Å²) in [6.07, 6.45) is 3.31. The second kappa shape index (κ2) is 5.39. The Morgan fingerprint density at radius 2 is 1.83 bits per heavy atom. The van der Waals surface area contributed by atoms with Gasteiger partial charge in [0.25, 0.3) is 5.91 Å². The van der Waals surface area contributed by atoms with Gasteiger partial charge in [0.1, 0.15) is 5.58 Å². The second-order valence-corrected chi connectivity index (χ2v) is 5.76. The van der Waals surface area contributed by atoms with Crippen molar-refractivity contribution < 1.29 is 9.21 Å². The highest BCUT2D eigenvalue weighted by Crippen LogP contribution is 2.25. The third kappa shape index (κ3) is 2.52. The lowest BCUT2D eigenvalue weighted by Gasteiger charge is -2.07. The van der Waals surface area contributed by atoms with Crippen LogP contribution in [0, 0.1) is 0 Å². The highest BCUT2D eigenvalue weighted by atomic mass is 16.3. The van der Waals surface area contributed by atoms with Crippen LogP contribution in [0.25, 0.3) is 11.0 Å². The Bertz CT molecular complexity index is 972. The van der Waals surface area contributed by atoms with E-state index in [2.05, 4.69) is 11.4 Å². The van der Waals surface area contributed by atoms with E-state index in [4.69, 9.17) is 4.42 Å². The number of fused-ring (bicyclic) bond motifs is 2. The van der Waals surface area contributed by atoms with Crippen LogP contribution in [0.15, 0.2) is 57.7 Å². The molecule has 1 amide bonds. The number of benzene rings is 2. The van der Waals surface area contributed by atoms with E-state index in [-0.39, 0.29) is 11.2 Å². The van der Waals surface area contributed by atoms with Gasteiger partial charge in [0, 0.05) is 11.8 Å². The third-order valence-electron chi connectivity index (χ3n) is 4.21. The first kappa shape index (κ1) is 13.8. The molecule has 4 rings (SSSR count). The van der Waals surface area contributed by atoms with Crippen molar-refractivity contribution in [3.8, 4) is 0 Å². The van der Waals surface area contributed by atoms with Crippen molar-refractivity contribution in [2.24, 2.45) is 0 Å². The lowest BCUT2D eigenvalue weighted by molar-refractivity contribution is 0.0997. The van der Waals surface area contributed by atoms with Crippen molar-refractivity contribution in [3.63, 3.8) is 0 Å². The number of para-hydroxylation sites is 1. The Kier molecular flexibility index (Phi) is 3.23. The molecule has 0 bridgehead atoms. The predicted molar refractivity (Wildman–Crippen MR) is 88.9 cm³/mol. The van der Waals surface area contributed by atoms with Gasteiger partial charge < -0.3 is 9.73 Å². The number of hydrogen-bond acceptors (Lipinski definition) is 3. The van der Waals surface area contributed by atoms with E-state index >= 15 is 0 Å². The van der Waals surface area contributed by atoms with E-state index < -0.39 is 5.91 Å². The standard InChI is InChI=1S/C19H15NO3/c21-16-11-18(23-17-7-2-1-6-15(16)17)19(22)20-14-9-8-12-4-3-5-13(12)10-14/h1-2,6-11H,3-5H2,(H,20,22). The number of carbonyl (C=O) groups excluding carboxylic acids is 1. The van der Waals surface area contributed by atoms with Crippen molar-refractivity contribution in [2.45, 2.75) is 19.3 Å². The first-order chi connectivity index (χ1) is 11.2. The maximum absolute atomic E-state index is 12.4. The summed E-state index contributed by atoms with van der Waals surface area (Å²) in [7, 11) is 0. The minimum absolute atomic E-state index is 0.0224. The Morgan fingerprint density at radius 3 is 2.74 bits per heavy atom. The molecule has 0 aliphatic heterocycles. The molecule has 1 aliphatic rings. The summed E-state index contributed by atoms with van der Waals surface area (Å²) < 4.78 is 5.56. The van der Waals surface area contributed by atoms with Crippen LogP contribution in [0.3, 0.4) is 0 Å². The fourth-order valence-electron chi connectivity index (χ4n) is 3.06. The second-order valence-electron chi connectivity index (χ2n) is 5.76. The van der Waals surface area contributed by atoms with Gasteiger partial charge in [-0.15, -0.1) is 0 Å². The van der Waals surface area contributed by atoms with E-state index in [9.17, 15) is 9.59 Å². The van der Waals surface area contributed by atoms with E-state index in [0.29, 0.717) is 11.0 Å². The van der Waals surface area contributed by atoms with Gasteiger partial charge in [0.15, 0.2) is 11.2 Å². The normalized spacial score (nSPS) is 13.0. The predicted octanol–water partition coefficient (Wildman–Crippen LogP) is 3.53. The molecular weight excluding hydrogens is 290 g/mol. The number of nitrogens with one attached hydrogen (secondary N) is 1. The summed E-state index contributed by atoms with van der Waals surface area (Å²) in [6.45, 7) is 0. The van der Waals surface area contributed by atoms with Crippen LogP contribution in [0.4, 0.5) is 5.69 Å². The molecule has 0 fully saturated rings. The van der Waals surface area contributed by atoms with Crippen LogP contribution in [0.5, 0.6) is 0 Å². The Hall–Kier alpha value is -2.88. The van der Waals surface area contributed by atoms with Gasteiger partial charge in [-0.2, -0.15) is 0 Å². The largest absolute Gasteiger partial charge is 0.451 e. The van der Waals surface area contributed by atoms with Crippen molar-refractivity contribution in [1.82, 2.24) is 0 Å². The number of anilines is 1. The molecule has 4 nitrogen and oxygen atoms in total. The van der Waals surface area contributed by atoms with Crippen molar-refractivity contribution in [1.29, 1.82) is 0 Å². The molecule has 23 heavy (non-hydrogen) atoms. The van der Waals surface area contributed by atoms with Crippen LogP contribution >= 0.6 is 0 Å². The molecule has 0 saturated heterocycles. The zero-order chi connectivity index (χ0) is 15.8. The van der Waals surface area contributed by atoms with Crippen LogP contribution in [0.1, 0.15) is 28.1 Å². The summed E-state index contributed by atoms with van der Waals surface area (Å²) in [4.78, 5) is 24.4. The molecule has 0 unspecified atom stereocenters. The van der Waals surface area contributed by atoms with Gasteiger partial charge >= 0.3 is 0 Å². The molecule has 1 aliphatic carbocycles. The molecule has 0 radical (unpaired) electrons. The summed E-state index contributed by atoms with van der Waals surface area (Å²) in [5.74, 6) is -0.389. The topological polar surface area (TPSA) is 59.3 Å². The Morgan fingerprint density at radius 1 is 1.00 bits per heavy atom. The van der Waals surface area contributed by atoms with Crippen molar-refractivity contribution >= 4 is 22.6 Å².